The second-order valence-corrected chi connectivity index (χ2v) is 5.51. The van der Waals surface area contributed by atoms with Gasteiger partial charge in [-0.05, 0) is 20.8 Å². The second kappa shape index (κ2) is 6.15. The van der Waals surface area contributed by atoms with Crippen molar-refractivity contribution in [3.63, 3.8) is 0 Å². The molecule has 1 heterocycles. The number of hydrogen-bond donors (Lipinski definition) is 4. The molecule has 0 aromatic rings. The highest BCUT2D eigenvalue weighted by atomic mass is 16.6. The van der Waals surface area contributed by atoms with Crippen LogP contribution in [0.1, 0.15) is 27.2 Å². The van der Waals surface area contributed by atoms with Gasteiger partial charge in [0.05, 0.1) is 24.2 Å². The molecule has 4 N–H and O–H groups in total. The van der Waals surface area contributed by atoms with Gasteiger partial charge in [-0.2, -0.15) is 0 Å². The number of methoxy groups -OCH3 is 1. The van der Waals surface area contributed by atoms with Crippen molar-refractivity contribution < 1.29 is 29.6 Å². The molecule has 0 radical (unpaired) electrons. The summed E-state index contributed by atoms with van der Waals surface area (Å²) in [5.41, 5.74) is -1.13. The molecule has 0 bridgehead atoms. The van der Waals surface area contributed by atoms with Crippen LogP contribution in [0.15, 0.2) is 0 Å². The molecule has 1 aliphatic heterocycles. The van der Waals surface area contributed by atoms with Crippen LogP contribution in [0, 0.1) is 0 Å². The highest BCUT2D eigenvalue weighted by Crippen LogP contribution is 2.22. The van der Waals surface area contributed by atoms with Crippen molar-refractivity contribution in [1.82, 2.24) is 5.32 Å². The zero-order chi connectivity index (χ0) is 14.8. The fourth-order valence-electron chi connectivity index (χ4n) is 2.12. The molecule has 1 amide bonds. The Morgan fingerprint density at radius 3 is 2.47 bits per heavy atom. The Labute approximate surface area is 112 Å². The molecule has 0 aromatic heterocycles. The van der Waals surface area contributed by atoms with E-state index in [1.165, 1.54) is 21.0 Å². The van der Waals surface area contributed by atoms with Crippen molar-refractivity contribution >= 4 is 5.91 Å². The number of aliphatic hydroxyl groups is 3. The monoisotopic (exact) mass is 277 g/mol. The van der Waals surface area contributed by atoms with Gasteiger partial charge in [0, 0.05) is 7.11 Å². The first-order chi connectivity index (χ1) is 8.65. The molecule has 0 aliphatic carbocycles. The van der Waals surface area contributed by atoms with E-state index >= 15 is 0 Å². The van der Waals surface area contributed by atoms with Crippen molar-refractivity contribution in [3.8, 4) is 0 Å². The van der Waals surface area contributed by atoms with Crippen molar-refractivity contribution in [2.75, 3.05) is 7.11 Å². The third-order valence-corrected chi connectivity index (χ3v) is 3.04. The normalized spacial score (nSPS) is 36.1. The topological polar surface area (TPSA) is 108 Å². The first-order valence-corrected chi connectivity index (χ1v) is 6.22. The summed E-state index contributed by atoms with van der Waals surface area (Å²) in [7, 11) is 1.34. The van der Waals surface area contributed by atoms with Gasteiger partial charge in [0.25, 0.3) is 0 Å². The van der Waals surface area contributed by atoms with Crippen LogP contribution in [0.2, 0.25) is 0 Å². The van der Waals surface area contributed by atoms with Gasteiger partial charge in [0.1, 0.15) is 12.2 Å². The summed E-state index contributed by atoms with van der Waals surface area (Å²) in [6.45, 7) is 4.67. The standard InChI is InChI=1S/C12H23NO6/c1-6-8(13-7(14)5-12(2,3)17)9(15)10(18-4)11(16)19-6/h6,8-11,15-17H,5H2,1-4H3,(H,13,14)/t6?,8-,9?,10?,11+/m0/s1. The van der Waals surface area contributed by atoms with Gasteiger partial charge in [0.15, 0.2) is 6.29 Å². The molecule has 7 nitrogen and oxygen atoms in total. The van der Waals surface area contributed by atoms with Crippen LogP contribution >= 0.6 is 0 Å². The van der Waals surface area contributed by atoms with Crippen LogP contribution in [-0.2, 0) is 14.3 Å². The van der Waals surface area contributed by atoms with E-state index in [1.807, 2.05) is 0 Å². The molecule has 1 rings (SSSR count). The zero-order valence-corrected chi connectivity index (χ0v) is 11.7. The molecule has 112 valence electrons. The third-order valence-electron chi connectivity index (χ3n) is 3.04. The van der Waals surface area contributed by atoms with Crippen LogP contribution in [0.5, 0.6) is 0 Å². The van der Waals surface area contributed by atoms with E-state index in [-0.39, 0.29) is 6.42 Å². The number of amides is 1. The number of rotatable bonds is 4. The van der Waals surface area contributed by atoms with E-state index in [0.717, 1.165) is 0 Å². The zero-order valence-electron chi connectivity index (χ0n) is 11.7. The number of nitrogens with one attached hydrogen (secondary N) is 1. The maximum absolute atomic E-state index is 11.8. The summed E-state index contributed by atoms with van der Waals surface area (Å²) in [6.07, 6.45) is -3.92. The molecular weight excluding hydrogens is 254 g/mol. The van der Waals surface area contributed by atoms with Crippen LogP contribution in [0.4, 0.5) is 0 Å². The minimum Gasteiger partial charge on any atom is -0.390 e. The maximum Gasteiger partial charge on any atom is 0.223 e. The van der Waals surface area contributed by atoms with Gasteiger partial charge < -0.3 is 30.1 Å². The molecule has 19 heavy (non-hydrogen) atoms. The lowest BCUT2D eigenvalue weighted by atomic mass is 9.96. The summed E-state index contributed by atoms with van der Waals surface area (Å²) in [4.78, 5) is 11.8. The number of carbonyl (C=O) groups excluding carboxylic acids is 1. The van der Waals surface area contributed by atoms with Crippen molar-refractivity contribution in [3.05, 3.63) is 0 Å². The van der Waals surface area contributed by atoms with Crippen LogP contribution in [0.3, 0.4) is 0 Å². The van der Waals surface area contributed by atoms with Gasteiger partial charge in [-0.25, -0.2) is 0 Å². The molecule has 5 atom stereocenters. The summed E-state index contributed by atoms with van der Waals surface area (Å²) in [5.74, 6) is -0.404. The highest BCUT2D eigenvalue weighted by Gasteiger charge is 2.43. The first kappa shape index (κ1) is 16.3. The van der Waals surface area contributed by atoms with Gasteiger partial charge in [-0.15, -0.1) is 0 Å². The lowest BCUT2D eigenvalue weighted by Crippen LogP contribution is -2.63. The van der Waals surface area contributed by atoms with Crippen molar-refractivity contribution in [2.24, 2.45) is 0 Å². The molecule has 7 heteroatoms. The smallest absolute Gasteiger partial charge is 0.223 e. The number of hydrogen-bond acceptors (Lipinski definition) is 6. The average molecular weight is 277 g/mol. The molecule has 0 aromatic carbocycles. The molecule has 1 aliphatic rings. The fraction of sp³-hybridized carbons (Fsp3) is 0.917. The summed E-state index contributed by atoms with van der Waals surface area (Å²) < 4.78 is 10.1. The minimum absolute atomic E-state index is 0.0941. The van der Waals surface area contributed by atoms with Gasteiger partial charge >= 0.3 is 0 Å². The molecule has 1 saturated heterocycles. The highest BCUT2D eigenvalue weighted by molar-refractivity contribution is 5.77. The fourth-order valence-corrected chi connectivity index (χ4v) is 2.12. The SMILES string of the molecule is COC1C(O)[C@@H](NC(=O)CC(C)(C)O)C(C)O[C@H]1O. The Morgan fingerprint density at radius 2 is 2.00 bits per heavy atom. The van der Waals surface area contributed by atoms with E-state index in [1.54, 1.807) is 6.92 Å². The minimum atomic E-state index is -1.24. The molecule has 0 spiro atoms. The predicted octanol–water partition coefficient (Wildman–Crippen LogP) is -1.25. The van der Waals surface area contributed by atoms with Gasteiger partial charge in [0.2, 0.25) is 5.91 Å². The third kappa shape index (κ3) is 4.39. The van der Waals surface area contributed by atoms with Crippen molar-refractivity contribution in [2.45, 2.75) is 63.4 Å². The Balaban J connectivity index is 2.68. The average Bonchev–Trinajstić information content (AvgIpc) is 2.22. The summed E-state index contributed by atoms with van der Waals surface area (Å²) in [5, 5.41) is 31.8. The number of aliphatic hydroxyl groups excluding tert-OH is 2. The van der Waals surface area contributed by atoms with Gasteiger partial charge in [-0.3, -0.25) is 4.79 Å². The Hall–Kier alpha value is -0.730. The molecular formula is C12H23NO6. The molecule has 1 fully saturated rings. The van der Waals surface area contributed by atoms with E-state index in [2.05, 4.69) is 5.32 Å². The Bertz CT molecular complexity index is 316. The number of carbonyl (C=O) groups is 1. The Kier molecular flexibility index (Phi) is 5.28. The largest absolute Gasteiger partial charge is 0.390 e. The van der Waals surface area contributed by atoms with E-state index < -0.39 is 42.2 Å². The predicted molar refractivity (Wildman–Crippen MR) is 66.2 cm³/mol. The Morgan fingerprint density at radius 1 is 1.42 bits per heavy atom. The lowest BCUT2D eigenvalue weighted by molar-refractivity contribution is -0.259. The lowest BCUT2D eigenvalue weighted by Gasteiger charge is -2.41. The second-order valence-electron chi connectivity index (χ2n) is 5.51. The summed E-state index contributed by atoms with van der Waals surface area (Å²) >= 11 is 0. The van der Waals surface area contributed by atoms with Crippen LogP contribution in [0.25, 0.3) is 0 Å². The quantitative estimate of drug-likeness (QED) is 0.511. The first-order valence-electron chi connectivity index (χ1n) is 6.22. The van der Waals surface area contributed by atoms with E-state index in [9.17, 15) is 20.1 Å². The van der Waals surface area contributed by atoms with Crippen LogP contribution in [-0.4, -0.2) is 64.6 Å². The van der Waals surface area contributed by atoms with Crippen LogP contribution < -0.4 is 5.32 Å². The maximum atomic E-state index is 11.8. The summed E-state index contributed by atoms with van der Waals surface area (Å²) in [6, 6.07) is -0.705. The number of ether oxygens (including phenoxy) is 2. The molecule has 0 saturated carbocycles. The van der Waals surface area contributed by atoms with E-state index in [4.69, 9.17) is 9.47 Å². The van der Waals surface area contributed by atoms with Crippen molar-refractivity contribution in [1.29, 1.82) is 0 Å². The van der Waals surface area contributed by atoms with E-state index in [0.29, 0.717) is 0 Å². The molecule has 3 unspecified atom stereocenters. The van der Waals surface area contributed by atoms with Gasteiger partial charge in [-0.1, -0.05) is 0 Å².